The highest BCUT2D eigenvalue weighted by Crippen LogP contribution is 2.29. The van der Waals surface area contributed by atoms with Gasteiger partial charge in [-0.2, -0.15) is 8.78 Å². The Balaban J connectivity index is 2.03. The van der Waals surface area contributed by atoms with Crippen molar-refractivity contribution < 1.29 is 13.6 Å². The van der Waals surface area contributed by atoms with Gasteiger partial charge in [0, 0.05) is 31.0 Å². The van der Waals surface area contributed by atoms with Crippen molar-refractivity contribution in [1.82, 2.24) is 4.90 Å². The molecule has 1 aliphatic heterocycles. The average Bonchev–Trinajstić information content (AvgIpc) is 2.35. The Labute approximate surface area is 106 Å². The van der Waals surface area contributed by atoms with Crippen LogP contribution in [0.2, 0.25) is 0 Å². The fraction of sp³-hybridized carbons (Fsp3) is 0.500. The molecule has 98 valence electrons. The summed E-state index contributed by atoms with van der Waals surface area (Å²) in [4.78, 5) is 13.0. The zero-order valence-electron chi connectivity index (χ0n) is 10.4. The van der Waals surface area contributed by atoms with E-state index < -0.39 is 5.92 Å². The van der Waals surface area contributed by atoms with Gasteiger partial charge < -0.3 is 0 Å². The molecule has 2 rings (SSSR count). The molecule has 1 aromatic carbocycles. The molecule has 0 aromatic heterocycles. The third-order valence-corrected chi connectivity index (χ3v) is 3.37. The molecule has 2 nitrogen and oxygen atoms in total. The van der Waals surface area contributed by atoms with Gasteiger partial charge in [0.1, 0.15) is 5.78 Å². The van der Waals surface area contributed by atoms with E-state index in [1.807, 2.05) is 0 Å². The van der Waals surface area contributed by atoms with Gasteiger partial charge in [0.15, 0.2) is 0 Å². The van der Waals surface area contributed by atoms with Crippen molar-refractivity contribution in [3.05, 3.63) is 35.9 Å². The normalized spacial score (nSPS) is 22.2. The summed E-state index contributed by atoms with van der Waals surface area (Å²) in [5.41, 5.74) is 0.0366. The zero-order valence-corrected chi connectivity index (χ0v) is 10.4. The second-order valence-corrected chi connectivity index (χ2v) is 4.92. The van der Waals surface area contributed by atoms with E-state index in [2.05, 4.69) is 0 Å². The van der Waals surface area contributed by atoms with Crippen molar-refractivity contribution in [1.29, 1.82) is 0 Å². The van der Waals surface area contributed by atoms with E-state index in [-0.39, 0.29) is 23.8 Å². The Morgan fingerprint density at radius 3 is 2.61 bits per heavy atom. The van der Waals surface area contributed by atoms with Gasteiger partial charge in [-0.05, 0) is 0 Å². The van der Waals surface area contributed by atoms with Crippen LogP contribution in [0.15, 0.2) is 30.3 Å². The molecule has 0 bridgehead atoms. The van der Waals surface area contributed by atoms with Crippen LogP contribution in [0, 0.1) is 5.92 Å². The molecule has 1 fully saturated rings. The molecule has 1 aliphatic rings. The minimum absolute atomic E-state index is 0.0366. The second-order valence-electron chi connectivity index (χ2n) is 4.92. The molecule has 0 radical (unpaired) electrons. The lowest BCUT2D eigenvalue weighted by molar-refractivity contribution is -0.127. The van der Waals surface area contributed by atoms with Crippen LogP contribution in [0.1, 0.15) is 18.9 Å². The quantitative estimate of drug-likeness (QED) is 0.825. The van der Waals surface area contributed by atoms with E-state index >= 15 is 0 Å². The summed E-state index contributed by atoms with van der Waals surface area (Å²) in [5.74, 6) is -2.82. The first kappa shape index (κ1) is 13.1. The average molecular weight is 253 g/mol. The van der Waals surface area contributed by atoms with Gasteiger partial charge in [0.25, 0.3) is 5.92 Å². The predicted octanol–water partition coefficient (Wildman–Crippen LogP) is 2.69. The summed E-state index contributed by atoms with van der Waals surface area (Å²) < 4.78 is 28.1. The topological polar surface area (TPSA) is 20.3 Å². The molecular formula is C14H17F2NO. The summed E-state index contributed by atoms with van der Waals surface area (Å²) in [6.45, 7) is 2.36. The number of nitrogens with zero attached hydrogens (tertiary/aromatic N) is 1. The lowest BCUT2D eigenvalue weighted by atomic mass is 9.97. The highest BCUT2D eigenvalue weighted by atomic mass is 19.3. The lowest BCUT2D eigenvalue weighted by Gasteiger charge is -2.32. The maximum atomic E-state index is 14.0. The van der Waals surface area contributed by atoms with Gasteiger partial charge in [0.05, 0.1) is 6.54 Å². The number of likely N-dealkylation sites (tertiary alicyclic amines) is 1. The maximum Gasteiger partial charge on any atom is 0.285 e. The number of piperidine rings is 1. The summed E-state index contributed by atoms with van der Waals surface area (Å²) in [6, 6.07) is 7.84. The lowest BCUT2D eigenvalue weighted by Crippen LogP contribution is -2.44. The van der Waals surface area contributed by atoms with Crippen molar-refractivity contribution >= 4 is 5.78 Å². The molecule has 18 heavy (non-hydrogen) atoms. The number of hydrogen-bond acceptors (Lipinski definition) is 2. The molecule has 4 heteroatoms. The van der Waals surface area contributed by atoms with Crippen molar-refractivity contribution in [3.8, 4) is 0 Å². The van der Waals surface area contributed by atoms with E-state index in [0.717, 1.165) is 0 Å². The van der Waals surface area contributed by atoms with Crippen molar-refractivity contribution in [2.75, 3.05) is 19.6 Å². The van der Waals surface area contributed by atoms with E-state index in [1.165, 1.54) is 12.1 Å². The minimum Gasteiger partial charge on any atom is -0.299 e. The molecule has 0 N–H and O–H groups in total. The Kier molecular flexibility index (Phi) is 3.76. The van der Waals surface area contributed by atoms with E-state index in [9.17, 15) is 13.6 Å². The second kappa shape index (κ2) is 5.14. The number of carbonyl (C=O) groups excluding carboxylic acids is 1. The van der Waals surface area contributed by atoms with E-state index in [1.54, 1.807) is 30.0 Å². The van der Waals surface area contributed by atoms with Crippen LogP contribution in [0.4, 0.5) is 8.78 Å². The molecule has 1 atom stereocenters. The predicted molar refractivity (Wildman–Crippen MR) is 65.6 cm³/mol. The maximum absolute atomic E-state index is 14.0. The van der Waals surface area contributed by atoms with Crippen LogP contribution in [0.5, 0.6) is 0 Å². The Bertz CT molecular complexity index is 419. The molecule has 1 saturated heterocycles. The Hall–Kier alpha value is -1.29. The van der Waals surface area contributed by atoms with Crippen molar-refractivity contribution in [2.45, 2.75) is 19.3 Å². The van der Waals surface area contributed by atoms with Crippen LogP contribution in [0.25, 0.3) is 0 Å². The Morgan fingerprint density at radius 1 is 1.33 bits per heavy atom. The number of carbonyl (C=O) groups is 1. The van der Waals surface area contributed by atoms with Crippen LogP contribution in [-0.4, -0.2) is 30.3 Å². The molecule has 0 aliphatic carbocycles. The Morgan fingerprint density at radius 2 is 2.00 bits per heavy atom. The molecular weight excluding hydrogens is 236 g/mol. The first-order chi connectivity index (χ1) is 8.49. The van der Waals surface area contributed by atoms with E-state index in [0.29, 0.717) is 19.5 Å². The highest BCUT2D eigenvalue weighted by molar-refractivity contribution is 5.81. The minimum atomic E-state index is -2.86. The molecule has 0 saturated carbocycles. The van der Waals surface area contributed by atoms with Gasteiger partial charge in [-0.15, -0.1) is 0 Å². The summed E-state index contributed by atoms with van der Waals surface area (Å²) in [7, 11) is 0. The van der Waals surface area contributed by atoms with Gasteiger partial charge in [-0.25, -0.2) is 0 Å². The highest BCUT2D eigenvalue weighted by Gasteiger charge is 2.36. The largest absolute Gasteiger partial charge is 0.299 e. The smallest absolute Gasteiger partial charge is 0.285 e. The number of halogens is 2. The van der Waals surface area contributed by atoms with Crippen molar-refractivity contribution in [3.63, 3.8) is 0 Å². The van der Waals surface area contributed by atoms with Gasteiger partial charge >= 0.3 is 0 Å². The van der Waals surface area contributed by atoms with Crippen LogP contribution >= 0.6 is 0 Å². The zero-order chi connectivity index (χ0) is 13.2. The molecule has 1 aromatic rings. The number of rotatable bonds is 3. The molecule has 0 amide bonds. The summed E-state index contributed by atoms with van der Waals surface area (Å²) in [5, 5.41) is 0. The summed E-state index contributed by atoms with van der Waals surface area (Å²) in [6.07, 6.45) is 0.381. The number of alkyl halides is 2. The number of ketones is 1. The van der Waals surface area contributed by atoms with Crippen LogP contribution in [0.3, 0.4) is 0 Å². The monoisotopic (exact) mass is 253 g/mol. The fourth-order valence-electron chi connectivity index (χ4n) is 2.29. The molecule has 1 unspecified atom stereocenters. The van der Waals surface area contributed by atoms with Crippen LogP contribution < -0.4 is 0 Å². The van der Waals surface area contributed by atoms with Gasteiger partial charge in [-0.3, -0.25) is 9.69 Å². The standard InChI is InChI=1S/C14H17F2NO/c1-11-9-17(8-7-13(11)18)10-14(15,16)12-5-3-2-4-6-12/h2-6,11H,7-10H2,1H3. The SMILES string of the molecule is CC1CN(CC(F)(F)c2ccccc2)CCC1=O. The number of Topliss-reactive ketones (excluding diaryl/α,β-unsaturated/α-hetero) is 1. The third-order valence-electron chi connectivity index (χ3n) is 3.37. The van der Waals surface area contributed by atoms with Crippen LogP contribution in [-0.2, 0) is 10.7 Å². The summed E-state index contributed by atoms with van der Waals surface area (Å²) >= 11 is 0. The first-order valence-corrected chi connectivity index (χ1v) is 6.17. The van der Waals surface area contributed by atoms with Gasteiger partial charge in [-0.1, -0.05) is 37.3 Å². The van der Waals surface area contributed by atoms with Gasteiger partial charge in [0.2, 0.25) is 0 Å². The van der Waals surface area contributed by atoms with E-state index in [4.69, 9.17) is 0 Å². The number of hydrogen-bond donors (Lipinski definition) is 0. The first-order valence-electron chi connectivity index (χ1n) is 6.17. The van der Waals surface area contributed by atoms with Crippen molar-refractivity contribution in [2.24, 2.45) is 5.92 Å². The molecule has 1 heterocycles. The molecule has 0 spiro atoms. The fourth-order valence-corrected chi connectivity index (χ4v) is 2.29. The third kappa shape index (κ3) is 2.93. The number of benzene rings is 1.